The Morgan fingerprint density at radius 1 is 0.933 bits per heavy atom. The van der Waals surface area contributed by atoms with Crippen molar-refractivity contribution in [2.45, 2.75) is 26.3 Å². The van der Waals surface area contributed by atoms with E-state index in [-0.39, 0.29) is 22.8 Å². The summed E-state index contributed by atoms with van der Waals surface area (Å²) in [6.45, 7) is 3.10. The van der Waals surface area contributed by atoms with E-state index in [2.05, 4.69) is 5.32 Å². The summed E-state index contributed by atoms with van der Waals surface area (Å²) < 4.78 is 9.81. The summed E-state index contributed by atoms with van der Waals surface area (Å²) >= 11 is 0. The van der Waals surface area contributed by atoms with Gasteiger partial charge in [-0.05, 0) is 12.0 Å². The Hall–Kier alpha value is -3.48. The number of hydrogen-bond acceptors (Lipinski definition) is 6. The molecule has 0 unspecified atom stereocenters. The maximum Gasteiger partial charge on any atom is 0.339 e. The van der Waals surface area contributed by atoms with Crippen molar-refractivity contribution in [2.75, 3.05) is 13.7 Å². The number of hydrogen-bond donors (Lipinski definition) is 1. The van der Waals surface area contributed by atoms with Gasteiger partial charge in [0.2, 0.25) is 0 Å². The van der Waals surface area contributed by atoms with Crippen LogP contribution >= 0.6 is 0 Å². The van der Waals surface area contributed by atoms with Gasteiger partial charge in [-0.3, -0.25) is 9.59 Å². The quantitative estimate of drug-likeness (QED) is 0.503. The lowest BCUT2D eigenvalue weighted by molar-refractivity contribution is -0.147. The zero-order valence-corrected chi connectivity index (χ0v) is 17.2. The van der Waals surface area contributed by atoms with E-state index in [1.165, 1.54) is 19.2 Å². The first-order valence-electron chi connectivity index (χ1n) is 9.62. The Morgan fingerprint density at radius 2 is 1.53 bits per heavy atom. The van der Waals surface area contributed by atoms with Crippen LogP contribution in [-0.2, 0) is 19.1 Å². The van der Waals surface area contributed by atoms with Crippen LogP contribution in [0.3, 0.4) is 0 Å². The fourth-order valence-electron chi connectivity index (χ4n) is 2.82. The molecule has 0 saturated heterocycles. The van der Waals surface area contributed by atoms with E-state index in [0.717, 1.165) is 0 Å². The van der Waals surface area contributed by atoms with Crippen LogP contribution in [0, 0.1) is 5.92 Å². The predicted molar refractivity (Wildman–Crippen MR) is 110 cm³/mol. The van der Waals surface area contributed by atoms with Gasteiger partial charge in [0.15, 0.2) is 12.4 Å². The zero-order valence-electron chi connectivity index (χ0n) is 17.2. The number of benzene rings is 2. The van der Waals surface area contributed by atoms with Crippen molar-refractivity contribution in [1.29, 1.82) is 0 Å². The summed E-state index contributed by atoms with van der Waals surface area (Å²) in [5.41, 5.74) is 0.678. The van der Waals surface area contributed by atoms with Crippen molar-refractivity contribution in [3.05, 3.63) is 71.3 Å². The molecule has 0 saturated carbocycles. The Morgan fingerprint density at radius 3 is 2.13 bits per heavy atom. The highest BCUT2D eigenvalue weighted by Gasteiger charge is 2.27. The number of carbonyl (C=O) groups is 4. The lowest BCUT2D eigenvalue weighted by atomic mass is 9.98. The smallest absolute Gasteiger partial charge is 0.339 e. The van der Waals surface area contributed by atoms with E-state index in [1.807, 2.05) is 6.92 Å². The number of carbonyl (C=O) groups excluding carboxylic acids is 4. The van der Waals surface area contributed by atoms with Gasteiger partial charge in [0.25, 0.3) is 5.91 Å². The van der Waals surface area contributed by atoms with Crippen molar-refractivity contribution in [2.24, 2.45) is 5.92 Å². The van der Waals surface area contributed by atoms with Crippen LogP contribution in [-0.4, -0.2) is 43.4 Å². The second kappa shape index (κ2) is 10.9. The normalized spacial score (nSPS) is 12.4. The highest BCUT2D eigenvalue weighted by atomic mass is 16.5. The average molecular weight is 411 g/mol. The number of nitrogens with one attached hydrogen (secondary N) is 1. The molecule has 7 nitrogen and oxygen atoms in total. The van der Waals surface area contributed by atoms with Gasteiger partial charge in [-0.1, -0.05) is 68.8 Å². The molecule has 158 valence electrons. The fraction of sp³-hybridized carbons (Fsp3) is 0.304. The molecule has 0 aliphatic rings. The second-order valence-electron chi connectivity index (χ2n) is 6.77. The Balaban J connectivity index is 2.07. The van der Waals surface area contributed by atoms with Crippen LogP contribution < -0.4 is 5.32 Å². The molecule has 7 heteroatoms. The first-order chi connectivity index (χ1) is 14.4. The van der Waals surface area contributed by atoms with Crippen LogP contribution in [0.4, 0.5) is 0 Å². The molecule has 1 amide bonds. The van der Waals surface area contributed by atoms with Crippen LogP contribution in [0.1, 0.15) is 46.5 Å². The number of ketones is 1. The van der Waals surface area contributed by atoms with Gasteiger partial charge in [0.05, 0.1) is 12.7 Å². The highest BCUT2D eigenvalue weighted by molar-refractivity contribution is 6.14. The number of rotatable bonds is 9. The number of methoxy groups -OCH3 is 1. The van der Waals surface area contributed by atoms with E-state index in [4.69, 9.17) is 9.47 Å². The van der Waals surface area contributed by atoms with Crippen LogP contribution in [0.15, 0.2) is 54.6 Å². The van der Waals surface area contributed by atoms with Crippen molar-refractivity contribution >= 4 is 23.6 Å². The van der Waals surface area contributed by atoms with Crippen molar-refractivity contribution < 1.29 is 28.7 Å². The molecule has 2 aromatic carbocycles. The first-order valence-corrected chi connectivity index (χ1v) is 9.62. The van der Waals surface area contributed by atoms with Crippen LogP contribution in [0.25, 0.3) is 0 Å². The van der Waals surface area contributed by atoms with E-state index < -0.39 is 30.5 Å². The summed E-state index contributed by atoms with van der Waals surface area (Å²) in [5.74, 6) is -2.48. The van der Waals surface area contributed by atoms with Crippen LogP contribution in [0.2, 0.25) is 0 Å². The van der Waals surface area contributed by atoms with Gasteiger partial charge >= 0.3 is 11.9 Å². The molecular formula is C23H25NO6. The largest absolute Gasteiger partial charge is 0.467 e. The lowest BCUT2D eigenvalue weighted by Gasteiger charge is -2.21. The maximum atomic E-state index is 12.7. The molecule has 0 heterocycles. The van der Waals surface area contributed by atoms with E-state index >= 15 is 0 Å². The first kappa shape index (κ1) is 22.8. The summed E-state index contributed by atoms with van der Waals surface area (Å²) in [6.07, 6.45) is 0.648. The summed E-state index contributed by atoms with van der Waals surface area (Å²) in [6, 6.07) is 14.0. The SMILES string of the molecule is CC[C@@H](C)[C@H](NC(=O)COC(=O)c1ccccc1C(=O)c1ccccc1)C(=O)OC. The van der Waals surface area contributed by atoms with Crippen molar-refractivity contribution in [3.63, 3.8) is 0 Å². The fourth-order valence-corrected chi connectivity index (χ4v) is 2.82. The average Bonchev–Trinajstić information content (AvgIpc) is 2.80. The minimum atomic E-state index is -0.835. The lowest BCUT2D eigenvalue weighted by Crippen LogP contribution is -2.47. The molecule has 2 atom stereocenters. The molecule has 2 rings (SSSR count). The van der Waals surface area contributed by atoms with Crippen molar-refractivity contribution in [1.82, 2.24) is 5.32 Å². The zero-order chi connectivity index (χ0) is 22.1. The summed E-state index contributed by atoms with van der Waals surface area (Å²) in [5, 5.41) is 2.53. The summed E-state index contributed by atoms with van der Waals surface area (Å²) in [7, 11) is 1.24. The van der Waals surface area contributed by atoms with Gasteiger partial charge < -0.3 is 14.8 Å². The number of esters is 2. The summed E-state index contributed by atoms with van der Waals surface area (Å²) in [4.78, 5) is 49.3. The van der Waals surface area contributed by atoms with E-state index in [9.17, 15) is 19.2 Å². The van der Waals surface area contributed by atoms with E-state index in [0.29, 0.717) is 12.0 Å². The molecule has 2 aromatic rings. The molecule has 0 spiro atoms. The molecule has 0 fully saturated rings. The minimum Gasteiger partial charge on any atom is -0.467 e. The molecule has 0 aliphatic carbocycles. The van der Waals surface area contributed by atoms with Gasteiger partial charge in [-0.25, -0.2) is 9.59 Å². The minimum absolute atomic E-state index is 0.0607. The molecule has 30 heavy (non-hydrogen) atoms. The standard InChI is InChI=1S/C23H25NO6/c1-4-15(2)20(23(28)29-3)24-19(25)14-30-22(27)18-13-9-8-12-17(18)21(26)16-10-6-5-7-11-16/h5-13,15,20H,4,14H2,1-3H3,(H,24,25)/t15-,20+/m1/s1. The third kappa shape index (κ3) is 5.76. The number of ether oxygens (including phenoxy) is 2. The van der Waals surface area contributed by atoms with Gasteiger partial charge in [0.1, 0.15) is 6.04 Å². The molecule has 0 aromatic heterocycles. The van der Waals surface area contributed by atoms with Crippen molar-refractivity contribution in [3.8, 4) is 0 Å². The van der Waals surface area contributed by atoms with Gasteiger partial charge in [-0.2, -0.15) is 0 Å². The van der Waals surface area contributed by atoms with E-state index in [1.54, 1.807) is 49.4 Å². The maximum absolute atomic E-state index is 12.7. The molecule has 0 bridgehead atoms. The number of amides is 1. The predicted octanol–water partition coefficient (Wildman–Crippen LogP) is 2.78. The Labute approximate surface area is 175 Å². The topological polar surface area (TPSA) is 98.8 Å². The second-order valence-corrected chi connectivity index (χ2v) is 6.77. The molecule has 0 aliphatic heterocycles. The third-order valence-corrected chi connectivity index (χ3v) is 4.75. The van der Waals surface area contributed by atoms with Gasteiger partial charge in [0, 0.05) is 11.1 Å². The highest BCUT2D eigenvalue weighted by Crippen LogP contribution is 2.16. The Kier molecular flexibility index (Phi) is 8.29. The Bertz CT molecular complexity index is 909. The van der Waals surface area contributed by atoms with Gasteiger partial charge in [-0.15, -0.1) is 0 Å². The molecule has 1 N–H and O–H groups in total. The third-order valence-electron chi connectivity index (χ3n) is 4.75. The van der Waals surface area contributed by atoms with Crippen LogP contribution in [0.5, 0.6) is 0 Å². The monoisotopic (exact) mass is 411 g/mol. The molecule has 0 radical (unpaired) electrons. The molecular weight excluding hydrogens is 386 g/mol.